The fraction of sp³-hybridized carbons (Fsp3) is 0.615. The van der Waals surface area contributed by atoms with E-state index < -0.39 is 0 Å². The van der Waals surface area contributed by atoms with Gasteiger partial charge in [-0.15, -0.1) is 16.8 Å². The lowest BCUT2D eigenvalue weighted by molar-refractivity contribution is -0.118. The van der Waals surface area contributed by atoms with Crippen LogP contribution in [-0.4, -0.2) is 34.4 Å². The molecule has 0 radical (unpaired) electrons. The van der Waals surface area contributed by atoms with Crippen LogP contribution in [0.15, 0.2) is 17.0 Å². The normalized spacial score (nSPS) is 15.8. The zero-order valence-corrected chi connectivity index (χ0v) is 13.1. The number of amides is 1. The molecule has 1 heterocycles. The zero-order chi connectivity index (χ0) is 14.2. The van der Waals surface area contributed by atoms with Crippen LogP contribution in [0.1, 0.15) is 32.1 Å². The highest BCUT2D eigenvalue weighted by atomic mass is 32.2. The summed E-state index contributed by atoms with van der Waals surface area (Å²) in [6, 6.07) is 0.533. The molecule has 20 heavy (non-hydrogen) atoms. The number of aromatic nitrogens is 2. The van der Waals surface area contributed by atoms with E-state index in [9.17, 15) is 4.79 Å². The molecule has 0 bridgehead atoms. The maximum atomic E-state index is 11.5. The van der Waals surface area contributed by atoms with Gasteiger partial charge < -0.3 is 10.6 Å². The minimum Gasteiger partial charge on any atom is -0.357 e. The van der Waals surface area contributed by atoms with Crippen molar-refractivity contribution in [2.75, 3.05) is 17.6 Å². The van der Waals surface area contributed by atoms with E-state index in [1.54, 1.807) is 6.08 Å². The molecule has 1 amide bonds. The number of hydrogen-bond acceptors (Lipinski definition) is 6. The van der Waals surface area contributed by atoms with Crippen LogP contribution in [0.5, 0.6) is 0 Å². The quantitative estimate of drug-likeness (QED) is 0.598. The third-order valence-corrected chi connectivity index (χ3v) is 5.10. The third kappa shape index (κ3) is 5.13. The van der Waals surface area contributed by atoms with Gasteiger partial charge in [0, 0.05) is 12.6 Å². The Balaban J connectivity index is 1.73. The molecule has 1 aliphatic rings. The highest BCUT2D eigenvalue weighted by Crippen LogP contribution is 2.28. The van der Waals surface area contributed by atoms with Crippen molar-refractivity contribution in [2.24, 2.45) is 0 Å². The van der Waals surface area contributed by atoms with Crippen molar-refractivity contribution in [3.05, 3.63) is 12.7 Å². The van der Waals surface area contributed by atoms with Crippen LogP contribution in [-0.2, 0) is 4.79 Å². The number of nitrogens with one attached hydrogen (secondary N) is 2. The van der Waals surface area contributed by atoms with Gasteiger partial charge in [-0.2, -0.15) is 0 Å². The van der Waals surface area contributed by atoms with Crippen molar-refractivity contribution in [2.45, 2.75) is 42.5 Å². The van der Waals surface area contributed by atoms with Gasteiger partial charge in [0.15, 0.2) is 4.34 Å². The molecule has 110 valence electrons. The van der Waals surface area contributed by atoms with Crippen molar-refractivity contribution in [1.29, 1.82) is 0 Å². The number of anilines is 1. The van der Waals surface area contributed by atoms with Crippen LogP contribution in [0.2, 0.25) is 0 Å². The van der Waals surface area contributed by atoms with Crippen molar-refractivity contribution in [1.82, 2.24) is 15.5 Å². The second-order valence-corrected chi connectivity index (χ2v) is 6.93. The summed E-state index contributed by atoms with van der Waals surface area (Å²) in [6.45, 7) is 4.06. The van der Waals surface area contributed by atoms with Crippen LogP contribution >= 0.6 is 23.1 Å². The van der Waals surface area contributed by atoms with Gasteiger partial charge in [-0.05, 0) is 12.8 Å². The number of thioether (sulfide) groups is 1. The van der Waals surface area contributed by atoms with Gasteiger partial charge in [-0.3, -0.25) is 4.79 Å². The topological polar surface area (TPSA) is 66.9 Å². The van der Waals surface area contributed by atoms with Crippen molar-refractivity contribution < 1.29 is 4.79 Å². The predicted octanol–water partition coefficient (Wildman–Crippen LogP) is 2.68. The molecule has 0 saturated heterocycles. The summed E-state index contributed by atoms with van der Waals surface area (Å²) in [5.74, 6) is 0.359. The number of rotatable bonds is 7. The van der Waals surface area contributed by atoms with Gasteiger partial charge in [0.25, 0.3) is 0 Å². The predicted molar refractivity (Wildman–Crippen MR) is 84.3 cm³/mol. The van der Waals surface area contributed by atoms with Gasteiger partial charge in [0.05, 0.1) is 5.75 Å². The molecule has 0 atom stereocenters. The van der Waals surface area contributed by atoms with Crippen molar-refractivity contribution >= 4 is 34.1 Å². The van der Waals surface area contributed by atoms with Gasteiger partial charge in [0.2, 0.25) is 11.0 Å². The Morgan fingerprint density at radius 3 is 2.95 bits per heavy atom. The van der Waals surface area contributed by atoms with Crippen LogP contribution in [0.25, 0.3) is 0 Å². The molecule has 2 N–H and O–H groups in total. The molecular weight excluding hydrogens is 292 g/mol. The lowest BCUT2D eigenvalue weighted by atomic mass is 9.96. The Labute approximate surface area is 127 Å². The molecule has 0 unspecified atom stereocenters. The standard InChI is InChI=1S/C13H20N4OS2/c1-2-8-14-11(18)9-19-13-17-16-12(20-13)15-10-6-4-3-5-7-10/h2,10H,1,3-9H2,(H,14,18)(H,15,16). The molecule has 5 nitrogen and oxygen atoms in total. The maximum absolute atomic E-state index is 11.5. The number of nitrogens with zero attached hydrogens (tertiary/aromatic N) is 2. The molecular formula is C13H20N4OS2. The van der Waals surface area contributed by atoms with E-state index in [0.29, 0.717) is 18.3 Å². The molecule has 1 aromatic heterocycles. The van der Waals surface area contributed by atoms with E-state index in [2.05, 4.69) is 27.4 Å². The second kappa shape index (κ2) is 8.26. The van der Waals surface area contributed by atoms with Gasteiger partial charge in [-0.25, -0.2) is 0 Å². The maximum Gasteiger partial charge on any atom is 0.230 e. The Morgan fingerprint density at radius 1 is 1.40 bits per heavy atom. The highest BCUT2D eigenvalue weighted by molar-refractivity contribution is 8.01. The highest BCUT2D eigenvalue weighted by Gasteiger charge is 2.15. The summed E-state index contributed by atoms with van der Waals surface area (Å²) < 4.78 is 0.831. The molecule has 1 aliphatic carbocycles. The molecule has 7 heteroatoms. The summed E-state index contributed by atoms with van der Waals surface area (Å²) in [6.07, 6.45) is 8.02. The summed E-state index contributed by atoms with van der Waals surface area (Å²) >= 11 is 2.94. The van der Waals surface area contributed by atoms with Crippen molar-refractivity contribution in [3.63, 3.8) is 0 Å². The van der Waals surface area contributed by atoms with Gasteiger partial charge in [0.1, 0.15) is 0 Å². The Morgan fingerprint density at radius 2 is 2.20 bits per heavy atom. The molecule has 1 saturated carbocycles. The first kappa shape index (κ1) is 15.3. The van der Waals surface area contributed by atoms with Gasteiger partial charge >= 0.3 is 0 Å². The summed E-state index contributed by atoms with van der Waals surface area (Å²) in [5.41, 5.74) is 0. The van der Waals surface area contributed by atoms with Crippen LogP contribution in [0, 0.1) is 0 Å². The fourth-order valence-electron chi connectivity index (χ4n) is 2.11. The lowest BCUT2D eigenvalue weighted by Gasteiger charge is -2.21. The third-order valence-electron chi connectivity index (χ3n) is 3.11. The second-order valence-electron chi connectivity index (χ2n) is 4.73. The average Bonchev–Trinajstić information content (AvgIpc) is 2.91. The smallest absolute Gasteiger partial charge is 0.230 e. The molecule has 0 aromatic carbocycles. The van der Waals surface area contributed by atoms with E-state index in [-0.39, 0.29) is 5.91 Å². The number of carbonyl (C=O) groups is 1. The largest absolute Gasteiger partial charge is 0.357 e. The van der Waals surface area contributed by atoms with E-state index >= 15 is 0 Å². The Kier molecular flexibility index (Phi) is 6.32. The summed E-state index contributed by atoms with van der Waals surface area (Å²) in [5, 5.41) is 15.3. The van der Waals surface area contributed by atoms with E-state index in [0.717, 1.165) is 9.47 Å². The molecule has 0 aliphatic heterocycles. The van der Waals surface area contributed by atoms with Crippen molar-refractivity contribution in [3.8, 4) is 0 Å². The molecule has 1 aromatic rings. The molecule has 0 spiro atoms. The van der Waals surface area contributed by atoms with E-state index in [1.165, 1.54) is 55.2 Å². The lowest BCUT2D eigenvalue weighted by Crippen LogP contribution is -2.24. The minimum atomic E-state index is -0.00751. The molecule has 2 rings (SSSR count). The number of hydrogen-bond donors (Lipinski definition) is 2. The minimum absolute atomic E-state index is 0.00751. The van der Waals surface area contributed by atoms with Gasteiger partial charge in [-0.1, -0.05) is 48.4 Å². The SMILES string of the molecule is C=CCNC(=O)CSc1nnc(NC2CCCCC2)s1. The first-order chi connectivity index (χ1) is 9.78. The van der Waals surface area contributed by atoms with E-state index in [4.69, 9.17) is 0 Å². The van der Waals surface area contributed by atoms with Crippen LogP contribution < -0.4 is 10.6 Å². The van der Waals surface area contributed by atoms with E-state index in [1.807, 2.05) is 0 Å². The Hall–Kier alpha value is -1.08. The Bertz CT molecular complexity index is 443. The monoisotopic (exact) mass is 312 g/mol. The van der Waals surface area contributed by atoms with Crippen LogP contribution in [0.4, 0.5) is 5.13 Å². The zero-order valence-electron chi connectivity index (χ0n) is 11.4. The average molecular weight is 312 g/mol. The molecule has 1 fully saturated rings. The fourth-order valence-corrected chi connectivity index (χ4v) is 3.77. The summed E-state index contributed by atoms with van der Waals surface area (Å²) in [7, 11) is 0. The number of carbonyl (C=O) groups excluding carboxylic acids is 1. The van der Waals surface area contributed by atoms with Crippen LogP contribution in [0.3, 0.4) is 0 Å². The summed E-state index contributed by atoms with van der Waals surface area (Å²) in [4.78, 5) is 11.5. The first-order valence-electron chi connectivity index (χ1n) is 6.88. The first-order valence-corrected chi connectivity index (χ1v) is 8.68.